The summed E-state index contributed by atoms with van der Waals surface area (Å²) in [7, 11) is 0. The third-order valence-corrected chi connectivity index (χ3v) is 3.10. The molecule has 0 amide bonds. The van der Waals surface area contributed by atoms with Crippen molar-refractivity contribution in [3.05, 3.63) is 40.8 Å². The Morgan fingerprint density at radius 2 is 2.05 bits per heavy atom. The number of ether oxygens (including phenoxy) is 1. The first kappa shape index (κ1) is 13.3. The van der Waals surface area contributed by atoms with E-state index in [1.807, 2.05) is 32.0 Å². The Morgan fingerprint density at radius 3 is 2.74 bits per heavy atom. The van der Waals surface area contributed by atoms with Crippen LogP contribution in [-0.2, 0) is 4.74 Å². The Morgan fingerprint density at radius 1 is 1.32 bits per heavy atom. The monoisotopic (exact) mass is 259 g/mol. The van der Waals surface area contributed by atoms with Crippen LogP contribution in [-0.4, -0.2) is 17.6 Å². The fraction of sp³-hybridized carbons (Fsp3) is 0.333. The molecule has 0 spiro atoms. The fourth-order valence-electron chi connectivity index (χ4n) is 1.88. The lowest BCUT2D eigenvalue weighted by atomic mass is 10.0. The van der Waals surface area contributed by atoms with Crippen molar-refractivity contribution >= 4 is 5.97 Å². The van der Waals surface area contributed by atoms with Crippen LogP contribution in [0.1, 0.15) is 34.3 Å². The van der Waals surface area contributed by atoms with Crippen molar-refractivity contribution in [2.24, 2.45) is 0 Å². The molecule has 1 aromatic heterocycles. The van der Waals surface area contributed by atoms with E-state index in [2.05, 4.69) is 4.98 Å². The van der Waals surface area contributed by atoms with E-state index in [1.165, 1.54) is 0 Å². The van der Waals surface area contributed by atoms with Crippen molar-refractivity contribution < 1.29 is 13.9 Å². The van der Waals surface area contributed by atoms with Crippen LogP contribution in [0.4, 0.5) is 0 Å². The first-order chi connectivity index (χ1) is 9.04. The van der Waals surface area contributed by atoms with E-state index >= 15 is 0 Å². The first-order valence-electron chi connectivity index (χ1n) is 6.25. The van der Waals surface area contributed by atoms with Gasteiger partial charge in [-0.25, -0.2) is 9.78 Å². The SMILES string of the molecule is CCOC(=O)c1nc(-c2cccc(C)c2C)oc1C. The number of nitrogens with zero attached hydrogens (tertiary/aromatic N) is 1. The van der Waals surface area contributed by atoms with Crippen LogP contribution in [0.3, 0.4) is 0 Å². The summed E-state index contributed by atoms with van der Waals surface area (Å²) in [6.45, 7) is 7.84. The average Bonchev–Trinajstić information content (AvgIpc) is 2.75. The zero-order valence-corrected chi connectivity index (χ0v) is 11.6. The molecule has 0 radical (unpaired) electrons. The number of hydrogen-bond acceptors (Lipinski definition) is 4. The third-order valence-electron chi connectivity index (χ3n) is 3.10. The van der Waals surface area contributed by atoms with E-state index in [1.54, 1.807) is 13.8 Å². The quantitative estimate of drug-likeness (QED) is 0.792. The number of carbonyl (C=O) groups is 1. The molecular formula is C15H17NO3. The average molecular weight is 259 g/mol. The molecular weight excluding hydrogens is 242 g/mol. The second kappa shape index (κ2) is 5.26. The van der Waals surface area contributed by atoms with Crippen molar-refractivity contribution in [3.63, 3.8) is 0 Å². The minimum absolute atomic E-state index is 0.248. The third kappa shape index (κ3) is 2.52. The summed E-state index contributed by atoms with van der Waals surface area (Å²) in [5.74, 6) is 0.497. The van der Waals surface area contributed by atoms with E-state index in [0.717, 1.165) is 16.7 Å². The molecule has 4 nitrogen and oxygen atoms in total. The van der Waals surface area contributed by atoms with Crippen LogP contribution in [0.15, 0.2) is 22.6 Å². The largest absolute Gasteiger partial charge is 0.461 e. The van der Waals surface area contributed by atoms with Gasteiger partial charge in [0.05, 0.1) is 6.61 Å². The Labute approximate surface area is 112 Å². The lowest BCUT2D eigenvalue weighted by Gasteiger charge is -2.04. The van der Waals surface area contributed by atoms with Gasteiger partial charge in [0.1, 0.15) is 5.76 Å². The van der Waals surface area contributed by atoms with Crippen molar-refractivity contribution in [1.82, 2.24) is 4.98 Å². The molecule has 0 bridgehead atoms. The molecule has 0 aliphatic heterocycles. The highest BCUT2D eigenvalue weighted by Gasteiger charge is 2.20. The van der Waals surface area contributed by atoms with E-state index in [9.17, 15) is 4.79 Å². The van der Waals surface area contributed by atoms with E-state index < -0.39 is 5.97 Å². The van der Waals surface area contributed by atoms with Crippen molar-refractivity contribution in [3.8, 4) is 11.5 Å². The molecule has 2 rings (SSSR count). The van der Waals surface area contributed by atoms with Crippen LogP contribution in [0.5, 0.6) is 0 Å². The molecule has 19 heavy (non-hydrogen) atoms. The smallest absolute Gasteiger partial charge is 0.360 e. The molecule has 1 heterocycles. The number of oxazole rings is 1. The summed E-state index contributed by atoms with van der Waals surface area (Å²) in [6.07, 6.45) is 0. The number of aryl methyl sites for hydroxylation is 2. The molecule has 0 N–H and O–H groups in total. The standard InChI is InChI=1S/C15H17NO3/c1-5-18-15(17)13-11(4)19-14(16-13)12-8-6-7-9(2)10(12)3/h6-8H,5H2,1-4H3. The maximum absolute atomic E-state index is 11.7. The fourth-order valence-corrected chi connectivity index (χ4v) is 1.88. The normalized spacial score (nSPS) is 10.5. The number of rotatable bonds is 3. The molecule has 0 atom stereocenters. The minimum atomic E-state index is -0.444. The lowest BCUT2D eigenvalue weighted by Crippen LogP contribution is -2.06. The molecule has 0 aliphatic carbocycles. The van der Waals surface area contributed by atoms with Gasteiger partial charge in [-0.3, -0.25) is 0 Å². The van der Waals surface area contributed by atoms with Gasteiger partial charge in [0.15, 0.2) is 5.69 Å². The maximum Gasteiger partial charge on any atom is 0.360 e. The van der Waals surface area contributed by atoms with Crippen LogP contribution >= 0.6 is 0 Å². The van der Waals surface area contributed by atoms with Gasteiger partial charge in [-0.15, -0.1) is 0 Å². The number of hydrogen-bond donors (Lipinski definition) is 0. The molecule has 0 fully saturated rings. The first-order valence-corrected chi connectivity index (χ1v) is 6.25. The molecule has 2 aromatic rings. The van der Waals surface area contributed by atoms with Crippen LogP contribution in [0.25, 0.3) is 11.5 Å². The zero-order valence-electron chi connectivity index (χ0n) is 11.6. The predicted molar refractivity (Wildman–Crippen MR) is 72.1 cm³/mol. The second-order valence-corrected chi connectivity index (χ2v) is 4.39. The molecule has 100 valence electrons. The number of benzene rings is 1. The summed E-state index contributed by atoms with van der Waals surface area (Å²) in [4.78, 5) is 16.0. The summed E-state index contributed by atoms with van der Waals surface area (Å²) in [6, 6.07) is 5.91. The topological polar surface area (TPSA) is 52.3 Å². The van der Waals surface area contributed by atoms with Crippen molar-refractivity contribution in [2.75, 3.05) is 6.61 Å². The van der Waals surface area contributed by atoms with Gasteiger partial charge >= 0.3 is 5.97 Å². The number of aromatic nitrogens is 1. The van der Waals surface area contributed by atoms with Gasteiger partial charge in [-0.2, -0.15) is 0 Å². The van der Waals surface area contributed by atoms with Gasteiger partial charge in [-0.05, 0) is 44.9 Å². The summed E-state index contributed by atoms with van der Waals surface area (Å²) in [5, 5.41) is 0. The van der Waals surface area contributed by atoms with Gasteiger partial charge in [0.2, 0.25) is 5.89 Å². The second-order valence-electron chi connectivity index (χ2n) is 4.39. The van der Waals surface area contributed by atoms with Crippen LogP contribution in [0.2, 0.25) is 0 Å². The molecule has 0 aliphatic rings. The van der Waals surface area contributed by atoms with Crippen molar-refractivity contribution in [2.45, 2.75) is 27.7 Å². The van der Waals surface area contributed by atoms with Gasteiger partial charge in [0, 0.05) is 5.56 Å². The van der Waals surface area contributed by atoms with Gasteiger partial charge in [0.25, 0.3) is 0 Å². The lowest BCUT2D eigenvalue weighted by molar-refractivity contribution is 0.0518. The Bertz CT molecular complexity index is 614. The number of esters is 1. The van der Waals surface area contributed by atoms with E-state index in [0.29, 0.717) is 18.3 Å². The molecule has 1 aromatic carbocycles. The molecule has 0 saturated carbocycles. The van der Waals surface area contributed by atoms with Crippen molar-refractivity contribution in [1.29, 1.82) is 0 Å². The van der Waals surface area contributed by atoms with Gasteiger partial charge < -0.3 is 9.15 Å². The maximum atomic E-state index is 11.7. The molecule has 0 saturated heterocycles. The molecule has 0 unspecified atom stereocenters. The van der Waals surface area contributed by atoms with E-state index in [4.69, 9.17) is 9.15 Å². The van der Waals surface area contributed by atoms with Crippen LogP contribution in [0, 0.1) is 20.8 Å². The predicted octanol–water partition coefficient (Wildman–Crippen LogP) is 3.44. The Hall–Kier alpha value is -2.10. The highest BCUT2D eigenvalue weighted by Crippen LogP contribution is 2.26. The highest BCUT2D eigenvalue weighted by atomic mass is 16.5. The number of carbonyl (C=O) groups excluding carboxylic acids is 1. The van der Waals surface area contributed by atoms with Crippen LogP contribution < -0.4 is 0 Å². The Kier molecular flexibility index (Phi) is 3.69. The summed E-state index contributed by atoms with van der Waals surface area (Å²) in [5.41, 5.74) is 3.40. The minimum Gasteiger partial charge on any atom is -0.461 e. The van der Waals surface area contributed by atoms with E-state index in [-0.39, 0.29) is 5.69 Å². The highest BCUT2D eigenvalue weighted by molar-refractivity contribution is 5.89. The summed E-state index contributed by atoms with van der Waals surface area (Å²) >= 11 is 0. The zero-order chi connectivity index (χ0) is 14.0. The summed E-state index contributed by atoms with van der Waals surface area (Å²) < 4.78 is 10.5. The Balaban J connectivity index is 2.45. The van der Waals surface area contributed by atoms with Gasteiger partial charge in [-0.1, -0.05) is 12.1 Å². The molecule has 4 heteroatoms.